The maximum atomic E-state index is 4.79. The number of aliphatic imine (C=N–C) groups is 1. The van der Waals surface area contributed by atoms with Gasteiger partial charge in [0.15, 0.2) is 5.96 Å². The highest BCUT2D eigenvalue weighted by Crippen LogP contribution is 2.28. The second-order valence-electron chi connectivity index (χ2n) is 6.31. The third kappa shape index (κ3) is 5.85. The molecule has 0 atom stereocenters. The highest BCUT2D eigenvalue weighted by molar-refractivity contribution is 14.0. The van der Waals surface area contributed by atoms with Gasteiger partial charge in [0.2, 0.25) is 0 Å². The summed E-state index contributed by atoms with van der Waals surface area (Å²) in [5.74, 6) is 1.08. The molecule has 0 aromatic heterocycles. The van der Waals surface area contributed by atoms with Crippen LogP contribution in [0.4, 0.5) is 0 Å². The van der Waals surface area contributed by atoms with E-state index in [-0.39, 0.29) is 24.0 Å². The fraction of sp³-hybridized carbons (Fsp3) is 0.588. The lowest BCUT2D eigenvalue weighted by Crippen LogP contribution is -2.40. The Kier molecular flexibility index (Phi) is 7.49. The Morgan fingerprint density at radius 3 is 2.57 bits per heavy atom. The van der Waals surface area contributed by atoms with Crippen molar-refractivity contribution >= 4 is 29.9 Å². The lowest BCUT2D eigenvalue weighted by atomic mass is 9.93. The first-order valence-electron chi connectivity index (χ1n) is 7.68. The smallest absolute Gasteiger partial charge is 0.193 e. The summed E-state index contributed by atoms with van der Waals surface area (Å²) >= 11 is 0. The molecule has 118 valence electrons. The maximum absolute atomic E-state index is 4.79. The molecule has 0 spiro atoms. The molecule has 0 aliphatic carbocycles. The molecule has 0 unspecified atom stereocenters. The van der Waals surface area contributed by atoms with E-state index in [1.165, 1.54) is 12.0 Å². The van der Waals surface area contributed by atoms with E-state index in [2.05, 4.69) is 61.3 Å². The van der Waals surface area contributed by atoms with E-state index in [1.807, 2.05) is 0 Å². The van der Waals surface area contributed by atoms with Gasteiger partial charge < -0.3 is 10.2 Å². The van der Waals surface area contributed by atoms with Crippen LogP contribution < -0.4 is 5.32 Å². The van der Waals surface area contributed by atoms with Gasteiger partial charge in [0.1, 0.15) is 0 Å². The van der Waals surface area contributed by atoms with E-state index in [9.17, 15) is 0 Å². The summed E-state index contributed by atoms with van der Waals surface area (Å²) in [7, 11) is 0. The van der Waals surface area contributed by atoms with Gasteiger partial charge in [-0.25, -0.2) is 0 Å². The molecule has 1 aliphatic heterocycles. The van der Waals surface area contributed by atoms with Crippen molar-refractivity contribution in [1.82, 2.24) is 10.2 Å². The topological polar surface area (TPSA) is 27.6 Å². The Morgan fingerprint density at radius 1 is 1.29 bits per heavy atom. The molecule has 4 heteroatoms. The van der Waals surface area contributed by atoms with Crippen LogP contribution in [0.2, 0.25) is 0 Å². The fourth-order valence-electron chi connectivity index (χ4n) is 2.65. The van der Waals surface area contributed by atoms with Crippen LogP contribution in [0.15, 0.2) is 35.3 Å². The number of likely N-dealkylation sites (tertiary alicyclic amines) is 1. The highest BCUT2D eigenvalue weighted by atomic mass is 127. The molecule has 1 aliphatic rings. The number of nitrogens with zero attached hydrogens (tertiary/aromatic N) is 2. The molecule has 0 saturated carbocycles. The zero-order valence-corrected chi connectivity index (χ0v) is 15.8. The van der Waals surface area contributed by atoms with Gasteiger partial charge in [0.25, 0.3) is 0 Å². The molecule has 1 saturated heterocycles. The van der Waals surface area contributed by atoms with Gasteiger partial charge in [0.05, 0.1) is 0 Å². The van der Waals surface area contributed by atoms with E-state index in [1.54, 1.807) is 0 Å². The molecule has 2 rings (SSSR count). The summed E-state index contributed by atoms with van der Waals surface area (Å²) in [5.41, 5.74) is 1.77. The highest BCUT2D eigenvalue weighted by Gasteiger charge is 2.30. The van der Waals surface area contributed by atoms with Crippen LogP contribution in [-0.2, 0) is 6.42 Å². The predicted molar refractivity (Wildman–Crippen MR) is 102 cm³/mol. The van der Waals surface area contributed by atoms with Crippen LogP contribution in [-0.4, -0.2) is 37.0 Å². The summed E-state index contributed by atoms with van der Waals surface area (Å²) in [6, 6.07) is 10.6. The summed E-state index contributed by atoms with van der Waals surface area (Å²) < 4.78 is 0. The number of guanidine groups is 1. The number of hydrogen-bond donors (Lipinski definition) is 1. The van der Waals surface area contributed by atoms with Crippen LogP contribution in [0.25, 0.3) is 0 Å². The minimum absolute atomic E-state index is 0. The molecule has 1 aromatic carbocycles. The second kappa shape index (κ2) is 8.61. The second-order valence-corrected chi connectivity index (χ2v) is 6.31. The molecule has 1 N–H and O–H groups in total. The summed E-state index contributed by atoms with van der Waals surface area (Å²) in [6.45, 7) is 10.8. The van der Waals surface area contributed by atoms with Gasteiger partial charge in [-0.05, 0) is 30.7 Å². The van der Waals surface area contributed by atoms with Gasteiger partial charge in [-0.2, -0.15) is 0 Å². The quantitative estimate of drug-likeness (QED) is 0.475. The van der Waals surface area contributed by atoms with Crippen molar-refractivity contribution in [3.8, 4) is 0 Å². The van der Waals surface area contributed by atoms with Gasteiger partial charge in [-0.15, -0.1) is 24.0 Å². The molecular formula is C17H28IN3. The van der Waals surface area contributed by atoms with Crippen molar-refractivity contribution in [2.75, 3.05) is 26.2 Å². The first-order chi connectivity index (χ1) is 9.61. The standard InChI is InChI=1S/C17H27N3.HI/c1-4-18-16(20-13-11-17(2,3)14-20)19-12-10-15-8-6-5-7-9-15;/h5-9H,4,10-14H2,1-3H3,(H,18,19);1H. The SMILES string of the molecule is CCNC(=NCCc1ccccc1)N1CCC(C)(C)C1.I. The number of rotatable bonds is 4. The van der Waals surface area contributed by atoms with Gasteiger partial charge in [0, 0.05) is 26.2 Å². The molecule has 1 fully saturated rings. The molecule has 21 heavy (non-hydrogen) atoms. The molecular weight excluding hydrogens is 373 g/mol. The van der Waals surface area contributed by atoms with Crippen LogP contribution >= 0.6 is 24.0 Å². The van der Waals surface area contributed by atoms with Crippen molar-refractivity contribution in [3.63, 3.8) is 0 Å². The molecule has 0 bridgehead atoms. The van der Waals surface area contributed by atoms with E-state index in [0.29, 0.717) is 5.41 Å². The minimum atomic E-state index is 0. The zero-order valence-electron chi connectivity index (χ0n) is 13.4. The average molecular weight is 401 g/mol. The van der Waals surface area contributed by atoms with Crippen LogP contribution in [0, 0.1) is 5.41 Å². The van der Waals surface area contributed by atoms with Crippen molar-refractivity contribution in [2.45, 2.75) is 33.6 Å². The number of benzene rings is 1. The van der Waals surface area contributed by atoms with Crippen molar-refractivity contribution in [2.24, 2.45) is 10.4 Å². The normalized spacial score (nSPS) is 17.5. The Balaban J connectivity index is 0.00000220. The van der Waals surface area contributed by atoms with Crippen LogP contribution in [0.3, 0.4) is 0 Å². The lowest BCUT2D eigenvalue weighted by Gasteiger charge is -2.23. The molecule has 0 radical (unpaired) electrons. The van der Waals surface area contributed by atoms with Crippen molar-refractivity contribution in [3.05, 3.63) is 35.9 Å². The molecule has 1 heterocycles. The first kappa shape index (κ1) is 18.3. The predicted octanol–water partition coefficient (Wildman–Crippen LogP) is 3.54. The Bertz CT molecular complexity index is 443. The van der Waals surface area contributed by atoms with E-state index < -0.39 is 0 Å². The van der Waals surface area contributed by atoms with Gasteiger partial charge in [-0.3, -0.25) is 4.99 Å². The molecule has 0 amide bonds. The fourth-order valence-corrected chi connectivity index (χ4v) is 2.65. The maximum Gasteiger partial charge on any atom is 0.193 e. The molecule has 3 nitrogen and oxygen atoms in total. The van der Waals surface area contributed by atoms with E-state index in [0.717, 1.165) is 38.6 Å². The molecule has 1 aromatic rings. The number of halogens is 1. The minimum Gasteiger partial charge on any atom is -0.357 e. The van der Waals surface area contributed by atoms with Crippen molar-refractivity contribution < 1.29 is 0 Å². The summed E-state index contributed by atoms with van der Waals surface area (Å²) in [6.07, 6.45) is 2.25. The third-order valence-electron chi connectivity index (χ3n) is 3.82. The van der Waals surface area contributed by atoms with E-state index in [4.69, 9.17) is 4.99 Å². The van der Waals surface area contributed by atoms with Gasteiger partial charge in [-0.1, -0.05) is 44.2 Å². The lowest BCUT2D eigenvalue weighted by molar-refractivity contribution is 0.370. The summed E-state index contributed by atoms with van der Waals surface area (Å²) in [5, 5.41) is 3.42. The largest absolute Gasteiger partial charge is 0.357 e. The third-order valence-corrected chi connectivity index (χ3v) is 3.82. The number of hydrogen-bond acceptors (Lipinski definition) is 1. The van der Waals surface area contributed by atoms with Crippen LogP contribution in [0.5, 0.6) is 0 Å². The Labute approximate surface area is 146 Å². The monoisotopic (exact) mass is 401 g/mol. The number of nitrogens with one attached hydrogen (secondary N) is 1. The first-order valence-corrected chi connectivity index (χ1v) is 7.68. The average Bonchev–Trinajstić information content (AvgIpc) is 2.79. The van der Waals surface area contributed by atoms with Gasteiger partial charge >= 0.3 is 0 Å². The summed E-state index contributed by atoms with van der Waals surface area (Å²) in [4.78, 5) is 7.19. The van der Waals surface area contributed by atoms with Crippen LogP contribution in [0.1, 0.15) is 32.8 Å². The van der Waals surface area contributed by atoms with E-state index >= 15 is 0 Å². The Hall–Kier alpha value is -0.780. The zero-order chi connectivity index (χ0) is 14.4. The Morgan fingerprint density at radius 2 is 2.00 bits per heavy atom. The van der Waals surface area contributed by atoms with Crippen molar-refractivity contribution in [1.29, 1.82) is 0 Å².